The van der Waals surface area contributed by atoms with Crippen LogP contribution in [0.1, 0.15) is 24.2 Å². The van der Waals surface area contributed by atoms with Crippen molar-refractivity contribution in [3.63, 3.8) is 0 Å². The molecule has 0 saturated carbocycles. The summed E-state index contributed by atoms with van der Waals surface area (Å²) < 4.78 is 25.0. The van der Waals surface area contributed by atoms with E-state index in [9.17, 15) is 8.42 Å². The molecule has 1 unspecified atom stereocenters. The number of nitrogens with zero attached hydrogens (tertiary/aromatic N) is 3. The van der Waals surface area contributed by atoms with Crippen molar-refractivity contribution in [2.24, 2.45) is 7.05 Å². The van der Waals surface area contributed by atoms with Gasteiger partial charge in [-0.1, -0.05) is 24.3 Å². The van der Waals surface area contributed by atoms with Crippen LogP contribution >= 0.6 is 0 Å². The zero-order chi connectivity index (χ0) is 15.5. The highest BCUT2D eigenvalue weighted by Gasteiger charge is 2.16. The Balaban J connectivity index is 2.29. The van der Waals surface area contributed by atoms with E-state index >= 15 is 0 Å². The average Bonchev–Trinajstić information content (AvgIpc) is 2.83. The fourth-order valence-electron chi connectivity index (χ4n) is 2.21. The van der Waals surface area contributed by atoms with Crippen LogP contribution in [0.15, 0.2) is 35.4 Å². The first kappa shape index (κ1) is 15.7. The van der Waals surface area contributed by atoms with Gasteiger partial charge in [-0.05, 0) is 24.2 Å². The molecular formula is C14H20N4O2S. The maximum atomic E-state index is 11.7. The minimum absolute atomic E-state index is 0.00778. The van der Waals surface area contributed by atoms with Gasteiger partial charge in [0, 0.05) is 32.0 Å². The number of benzene rings is 1. The summed E-state index contributed by atoms with van der Waals surface area (Å²) in [6.45, 7) is 2.80. The van der Waals surface area contributed by atoms with Crippen LogP contribution in [0.2, 0.25) is 0 Å². The third-order valence-electron chi connectivity index (χ3n) is 3.20. The highest BCUT2D eigenvalue weighted by atomic mass is 32.2. The molecule has 1 aromatic heterocycles. The lowest BCUT2D eigenvalue weighted by atomic mass is 10.0. The summed E-state index contributed by atoms with van der Waals surface area (Å²) in [5.74, 6) is 0. The molecule has 0 amide bonds. The van der Waals surface area contributed by atoms with Gasteiger partial charge in [0.05, 0.1) is 10.6 Å². The summed E-state index contributed by atoms with van der Waals surface area (Å²) in [6, 6.07) is 7.04. The largest absolute Gasteiger partial charge is 0.310 e. The molecule has 2 rings (SSSR count). The third kappa shape index (κ3) is 4.12. The molecule has 6 nitrogen and oxygen atoms in total. The molecule has 1 heterocycles. The van der Waals surface area contributed by atoms with E-state index in [1.54, 1.807) is 22.9 Å². The quantitative estimate of drug-likeness (QED) is 0.865. The van der Waals surface area contributed by atoms with E-state index in [-0.39, 0.29) is 6.04 Å². The molecular weight excluding hydrogens is 288 g/mol. The molecule has 1 N–H and O–H groups in total. The van der Waals surface area contributed by atoms with Crippen LogP contribution in [0.3, 0.4) is 0 Å². The van der Waals surface area contributed by atoms with Gasteiger partial charge >= 0.3 is 0 Å². The lowest BCUT2D eigenvalue weighted by Crippen LogP contribution is -2.23. The molecule has 0 aliphatic carbocycles. The lowest BCUT2D eigenvalue weighted by Gasteiger charge is -2.17. The molecule has 0 bridgehead atoms. The lowest BCUT2D eigenvalue weighted by molar-refractivity contribution is 0.542. The molecule has 2 aromatic rings. The number of likely N-dealkylation sites (N-methyl/N-ethyl adjacent to an activating group) is 1. The summed E-state index contributed by atoms with van der Waals surface area (Å²) >= 11 is 0. The Hall–Kier alpha value is -1.73. The highest BCUT2D eigenvalue weighted by molar-refractivity contribution is 7.90. The predicted molar refractivity (Wildman–Crippen MR) is 80.7 cm³/mol. The maximum Gasteiger partial charge on any atom is 0.175 e. The van der Waals surface area contributed by atoms with Crippen molar-refractivity contribution < 1.29 is 8.42 Å². The number of aryl methyl sites for hydroxylation is 1. The smallest absolute Gasteiger partial charge is 0.175 e. The summed E-state index contributed by atoms with van der Waals surface area (Å²) in [5.41, 5.74) is 1.80. The number of hydrogen-bond acceptors (Lipinski definition) is 5. The average molecular weight is 308 g/mol. The number of aromatic nitrogens is 3. The Morgan fingerprint density at radius 3 is 2.71 bits per heavy atom. The fraction of sp³-hybridized carbons (Fsp3) is 0.429. The number of sulfone groups is 1. The molecule has 1 aromatic carbocycles. The monoisotopic (exact) mass is 308 g/mol. The number of rotatable bonds is 6. The van der Waals surface area contributed by atoms with E-state index in [1.165, 1.54) is 6.26 Å². The Bertz CT molecular complexity index is 709. The van der Waals surface area contributed by atoms with Crippen molar-refractivity contribution in [2.45, 2.75) is 24.3 Å². The summed E-state index contributed by atoms with van der Waals surface area (Å²) in [6.07, 6.45) is 3.75. The van der Waals surface area contributed by atoms with Gasteiger partial charge in [0.2, 0.25) is 0 Å². The summed E-state index contributed by atoms with van der Waals surface area (Å²) in [4.78, 5) is 0.335. The first-order valence-corrected chi connectivity index (χ1v) is 8.68. The highest BCUT2D eigenvalue weighted by Crippen LogP contribution is 2.20. The zero-order valence-electron chi connectivity index (χ0n) is 12.4. The molecule has 0 aliphatic heterocycles. The normalized spacial score (nSPS) is 13.3. The zero-order valence-corrected chi connectivity index (χ0v) is 13.3. The summed E-state index contributed by atoms with van der Waals surface area (Å²) in [5, 5.41) is 11.4. The van der Waals surface area contributed by atoms with Crippen LogP contribution < -0.4 is 5.32 Å². The summed E-state index contributed by atoms with van der Waals surface area (Å²) in [7, 11) is -1.38. The van der Waals surface area contributed by atoms with E-state index in [4.69, 9.17) is 0 Å². The number of hydrogen-bond donors (Lipinski definition) is 1. The molecule has 1 atom stereocenters. The van der Waals surface area contributed by atoms with E-state index in [2.05, 4.69) is 15.6 Å². The van der Waals surface area contributed by atoms with Crippen LogP contribution in [0.4, 0.5) is 0 Å². The van der Waals surface area contributed by atoms with Gasteiger partial charge in [-0.25, -0.2) is 8.42 Å². The molecule has 7 heteroatoms. The van der Waals surface area contributed by atoms with Gasteiger partial charge in [-0.3, -0.25) is 4.68 Å². The Labute approximate surface area is 125 Å². The molecule has 0 aliphatic rings. The first-order valence-electron chi connectivity index (χ1n) is 6.78. The van der Waals surface area contributed by atoms with Crippen LogP contribution in [-0.2, 0) is 23.3 Å². The fourth-order valence-corrected chi connectivity index (χ4v) is 2.89. The van der Waals surface area contributed by atoms with Crippen molar-refractivity contribution >= 4 is 9.84 Å². The van der Waals surface area contributed by atoms with Crippen molar-refractivity contribution in [3.05, 3.63) is 41.7 Å². The minimum Gasteiger partial charge on any atom is -0.310 e. The van der Waals surface area contributed by atoms with Gasteiger partial charge in [-0.2, -0.15) is 0 Å². The maximum absolute atomic E-state index is 11.7. The van der Waals surface area contributed by atoms with Crippen molar-refractivity contribution in [3.8, 4) is 0 Å². The molecule has 0 saturated heterocycles. The predicted octanol–water partition coefficient (Wildman–Crippen LogP) is 1.11. The van der Waals surface area contributed by atoms with E-state index < -0.39 is 9.84 Å². The topological polar surface area (TPSA) is 76.9 Å². The second-order valence-corrected chi connectivity index (χ2v) is 7.06. The minimum atomic E-state index is -3.20. The van der Waals surface area contributed by atoms with Crippen LogP contribution in [0.25, 0.3) is 0 Å². The molecule has 21 heavy (non-hydrogen) atoms. The molecule has 0 spiro atoms. The SMILES string of the molecule is CCNC(Cc1cn(C)nn1)c1cccc(S(C)(=O)=O)c1. The van der Waals surface area contributed by atoms with Gasteiger partial charge in [0.15, 0.2) is 9.84 Å². The van der Waals surface area contributed by atoms with Crippen molar-refractivity contribution in [1.29, 1.82) is 0 Å². The molecule has 0 radical (unpaired) electrons. The van der Waals surface area contributed by atoms with Crippen LogP contribution in [0.5, 0.6) is 0 Å². The standard InChI is InChI=1S/C14H20N4O2S/c1-4-15-14(9-12-10-18(2)17-16-12)11-6-5-7-13(8-11)21(3,19)20/h5-8,10,14-15H,4,9H2,1-3H3. The molecule has 0 fully saturated rings. The van der Waals surface area contributed by atoms with Gasteiger partial charge in [0.1, 0.15) is 0 Å². The molecule has 114 valence electrons. The van der Waals surface area contributed by atoms with Crippen molar-refractivity contribution in [1.82, 2.24) is 20.3 Å². The van der Waals surface area contributed by atoms with Gasteiger partial charge < -0.3 is 5.32 Å². The van der Waals surface area contributed by atoms with E-state index in [0.29, 0.717) is 11.3 Å². The Morgan fingerprint density at radius 1 is 1.38 bits per heavy atom. The Kier molecular flexibility index (Phi) is 4.74. The van der Waals surface area contributed by atoms with Crippen LogP contribution in [-0.4, -0.2) is 36.2 Å². The van der Waals surface area contributed by atoms with Crippen molar-refractivity contribution in [2.75, 3.05) is 12.8 Å². The second-order valence-electron chi connectivity index (χ2n) is 5.04. The van der Waals surface area contributed by atoms with E-state index in [0.717, 1.165) is 17.8 Å². The number of nitrogens with one attached hydrogen (secondary N) is 1. The van der Waals surface area contributed by atoms with Crippen LogP contribution in [0, 0.1) is 0 Å². The third-order valence-corrected chi connectivity index (χ3v) is 4.31. The van der Waals surface area contributed by atoms with E-state index in [1.807, 2.05) is 26.2 Å². The Morgan fingerprint density at radius 2 is 2.14 bits per heavy atom. The second kappa shape index (κ2) is 6.36. The van der Waals surface area contributed by atoms with Gasteiger partial charge in [-0.15, -0.1) is 5.10 Å². The first-order chi connectivity index (χ1) is 9.90. The van der Waals surface area contributed by atoms with Gasteiger partial charge in [0.25, 0.3) is 0 Å².